The lowest BCUT2D eigenvalue weighted by Crippen LogP contribution is -2.44. The molecular weight excluding hydrogens is 154 g/mol. The van der Waals surface area contributed by atoms with Gasteiger partial charge in [0.25, 0.3) is 0 Å². The van der Waals surface area contributed by atoms with Crippen molar-refractivity contribution in [2.45, 2.75) is 0 Å². The third-order valence-corrected chi connectivity index (χ3v) is 1.27. The summed E-state index contributed by atoms with van der Waals surface area (Å²) in [6.45, 7) is 0. The number of nitrogens with two attached hydrogens (primary N) is 2. The van der Waals surface area contributed by atoms with E-state index in [1.165, 1.54) is 0 Å². The zero-order chi connectivity index (χ0) is 8.81. The first-order chi connectivity index (χ1) is 5.86. The molecule has 0 aliphatic heterocycles. The van der Waals surface area contributed by atoms with E-state index < -0.39 is 0 Å². The lowest BCUT2D eigenvalue weighted by molar-refractivity contribution is 0.897. The number of hydrazine groups is 2. The van der Waals surface area contributed by atoms with E-state index in [0.29, 0.717) is 5.96 Å². The van der Waals surface area contributed by atoms with Crippen LogP contribution in [0.4, 0.5) is 5.69 Å². The number of para-hydroxylation sites is 1. The van der Waals surface area contributed by atoms with Gasteiger partial charge >= 0.3 is 0 Å². The normalized spacial score (nSPS) is 8.83. The van der Waals surface area contributed by atoms with E-state index in [-0.39, 0.29) is 0 Å². The maximum Gasteiger partial charge on any atom is 0.225 e. The predicted molar refractivity (Wildman–Crippen MR) is 48.2 cm³/mol. The molecule has 0 atom stereocenters. The molecule has 12 heavy (non-hydrogen) atoms. The zero-order valence-electron chi connectivity index (χ0n) is 6.49. The summed E-state index contributed by atoms with van der Waals surface area (Å²) in [5.74, 6) is 10.5. The molecule has 6 N–H and O–H groups in total. The molecule has 5 nitrogen and oxygen atoms in total. The number of aliphatic imine (C=N–C) groups is 1. The minimum Gasteiger partial charge on any atom is -0.293 e. The van der Waals surface area contributed by atoms with Gasteiger partial charge in [0.2, 0.25) is 5.96 Å². The van der Waals surface area contributed by atoms with Crippen molar-refractivity contribution in [2.24, 2.45) is 16.7 Å². The maximum atomic E-state index is 5.11. The number of nitrogens with zero attached hydrogens (tertiary/aromatic N) is 1. The van der Waals surface area contributed by atoms with Crippen LogP contribution in [0.2, 0.25) is 0 Å². The van der Waals surface area contributed by atoms with E-state index in [9.17, 15) is 0 Å². The van der Waals surface area contributed by atoms with Crippen LogP contribution >= 0.6 is 0 Å². The number of hydrogen-bond donors (Lipinski definition) is 4. The molecular formula is C7H11N5. The highest BCUT2D eigenvalue weighted by Crippen LogP contribution is 2.08. The van der Waals surface area contributed by atoms with Crippen LogP contribution in [0.1, 0.15) is 0 Å². The number of hydrogen-bond acceptors (Lipinski definition) is 3. The van der Waals surface area contributed by atoms with Gasteiger partial charge < -0.3 is 0 Å². The summed E-state index contributed by atoms with van der Waals surface area (Å²) >= 11 is 0. The largest absolute Gasteiger partial charge is 0.293 e. The molecule has 5 heteroatoms. The summed E-state index contributed by atoms with van der Waals surface area (Å²) in [5, 5.41) is 0. The quantitative estimate of drug-likeness (QED) is 0.197. The van der Waals surface area contributed by atoms with Crippen molar-refractivity contribution < 1.29 is 0 Å². The molecule has 64 valence electrons. The van der Waals surface area contributed by atoms with Crippen LogP contribution in [0.5, 0.6) is 0 Å². The second-order valence-corrected chi connectivity index (χ2v) is 2.08. The Morgan fingerprint density at radius 3 is 2.17 bits per heavy atom. The van der Waals surface area contributed by atoms with Gasteiger partial charge in [-0.2, -0.15) is 0 Å². The number of guanidine groups is 1. The van der Waals surface area contributed by atoms with Crippen molar-refractivity contribution in [3.05, 3.63) is 30.3 Å². The lowest BCUT2D eigenvalue weighted by Gasteiger charge is -2.02. The van der Waals surface area contributed by atoms with E-state index in [1.807, 2.05) is 30.3 Å². The monoisotopic (exact) mass is 165 g/mol. The van der Waals surface area contributed by atoms with E-state index in [0.717, 1.165) is 5.69 Å². The first-order valence-corrected chi connectivity index (χ1v) is 3.44. The van der Waals surface area contributed by atoms with Gasteiger partial charge in [-0.25, -0.2) is 16.7 Å². The molecule has 1 rings (SSSR count). The van der Waals surface area contributed by atoms with Crippen LogP contribution in [0.25, 0.3) is 0 Å². The molecule has 0 fully saturated rings. The Labute approximate surface area is 70.4 Å². The Balaban J connectivity index is 2.79. The summed E-state index contributed by atoms with van der Waals surface area (Å²) in [5.41, 5.74) is 5.41. The van der Waals surface area contributed by atoms with Crippen molar-refractivity contribution in [3.63, 3.8) is 0 Å². The number of benzene rings is 1. The first-order valence-electron chi connectivity index (χ1n) is 3.44. The molecule has 0 aliphatic carbocycles. The number of rotatable bonds is 1. The molecule has 0 spiro atoms. The fourth-order valence-corrected chi connectivity index (χ4v) is 0.738. The third kappa shape index (κ3) is 2.22. The SMILES string of the molecule is NNC(=Nc1ccccc1)NN. The molecule has 0 amide bonds. The van der Waals surface area contributed by atoms with Crippen LogP contribution in [-0.4, -0.2) is 5.96 Å². The highest BCUT2D eigenvalue weighted by Gasteiger charge is 1.90. The molecule has 0 saturated heterocycles. The summed E-state index contributed by atoms with van der Waals surface area (Å²) < 4.78 is 0. The minimum absolute atomic E-state index is 0.321. The van der Waals surface area contributed by atoms with Crippen LogP contribution in [0.15, 0.2) is 35.3 Å². The smallest absolute Gasteiger partial charge is 0.225 e. The fourth-order valence-electron chi connectivity index (χ4n) is 0.738. The third-order valence-electron chi connectivity index (χ3n) is 1.27. The molecule has 0 aliphatic rings. The molecule has 0 bridgehead atoms. The molecule has 1 aromatic carbocycles. The van der Waals surface area contributed by atoms with E-state index in [2.05, 4.69) is 15.8 Å². The van der Waals surface area contributed by atoms with Gasteiger partial charge in [0.1, 0.15) is 0 Å². The number of nitrogens with one attached hydrogen (secondary N) is 2. The highest BCUT2D eigenvalue weighted by molar-refractivity contribution is 5.81. The van der Waals surface area contributed by atoms with Crippen molar-refractivity contribution >= 4 is 11.6 Å². The summed E-state index contributed by atoms with van der Waals surface area (Å²) in [7, 11) is 0. The summed E-state index contributed by atoms with van der Waals surface area (Å²) in [4.78, 5) is 4.04. The molecule has 0 heterocycles. The Morgan fingerprint density at radius 2 is 1.67 bits per heavy atom. The highest BCUT2D eigenvalue weighted by atomic mass is 15.4. The van der Waals surface area contributed by atoms with Crippen LogP contribution in [0, 0.1) is 0 Å². The van der Waals surface area contributed by atoms with Gasteiger partial charge in [0, 0.05) is 0 Å². The summed E-state index contributed by atoms with van der Waals surface area (Å²) in [6, 6.07) is 9.35. The molecule has 0 radical (unpaired) electrons. The van der Waals surface area contributed by atoms with Gasteiger partial charge in [-0.15, -0.1) is 0 Å². The van der Waals surface area contributed by atoms with Gasteiger partial charge in [-0.3, -0.25) is 10.9 Å². The average Bonchev–Trinajstić information content (AvgIpc) is 2.16. The van der Waals surface area contributed by atoms with E-state index >= 15 is 0 Å². The lowest BCUT2D eigenvalue weighted by atomic mass is 10.3. The standard InChI is InChI=1S/C7H11N5/c8-11-7(12-9)10-6-4-2-1-3-5-6/h1-5H,8-9H2,(H2,10,11,12). The Morgan fingerprint density at radius 1 is 1.08 bits per heavy atom. The average molecular weight is 165 g/mol. The fraction of sp³-hybridized carbons (Fsp3) is 0. The van der Waals surface area contributed by atoms with Gasteiger partial charge in [0.05, 0.1) is 5.69 Å². The van der Waals surface area contributed by atoms with Crippen LogP contribution in [0.3, 0.4) is 0 Å². The van der Waals surface area contributed by atoms with E-state index in [1.54, 1.807) is 0 Å². The van der Waals surface area contributed by atoms with Crippen molar-refractivity contribution in [2.75, 3.05) is 0 Å². The molecule has 0 saturated carbocycles. The maximum absolute atomic E-state index is 5.11. The Bertz CT molecular complexity index is 250. The Hall–Kier alpha value is -1.59. The Kier molecular flexibility index (Phi) is 3.06. The second kappa shape index (κ2) is 4.32. The molecule has 0 aromatic heterocycles. The summed E-state index contributed by atoms with van der Waals surface area (Å²) in [6.07, 6.45) is 0. The van der Waals surface area contributed by atoms with Crippen molar-refractivity contribution in [3.8, 4) is 0 Å². The first kappa shape index (κ1) is 8.51. The molecule has 1 aromatic rings. The van der Waals surface area contributed by atoms with Gasteiger partial charge in [0.15, 0.2) is 0 Å². The predicted octanol–water partition coefficient (Wildman–Crippen LogP) is -0.399. The minimum atomic E-state index is 0.321. The van der Waals surface area contributed by atoms with Crippen LogP contribution in [-0.2, 0) is 0 Å². The van der Waals surface area contributed by atoms with E-state index in [4.69, 9.17) is 11.7 Å². The van der Waals surface area contributed by atoms with Gasteiger partial charge in [-0.1, -0.05) is 18.2 Å². The van der Waals surface area contributed by atoms with Gasteiger partial charge in [-0.05, 0) is 12.1 Å². The van der Waals surface area contributed by atoms with Crippen LogP contribution < -0.4 is 22.5 Å². The van der Waals surface area contributed by atoms with Crippen molar-refractivity contribution in [1.29, 1.82) is 0 Å². The van der Waals surface area contributed by atoms with Crippen molar-refractivity contribution in [1.82, 2.24) is 10.9 Å². The second-order valence-electron chi connectivity index (χ2n) is 2.08. The molecule has 0 unspecified atom stereocenters. The zero-order valence-corrected chi connectivity index (χ0v) is 6.49. The topological polar surface area (TPSA) is 88.5 Å².